The average Bonchev–Trinajstić information content (AvgIpc) is 2.18. The SMILES string of the molecule is CN(C)C(=O)CN(C)c1cccnc1N. The molecule has 0 aliphatic carbocycles. The molecule has 0 fully saturated rings. The van der Waals surface area contributed by atoms with E-state index in [1.807, 2.05) is 13.1 Å². The molecule has 1 rings (SSSR count). The van der Waals surface area contributed by atoms with E-state index in [9.17, 15) is 4.79 Å². The van der Waals surface area contributed by atoms with Gasteiger partial charge in [-0.15, -0.1) is 0 Å². The first-order chi connectivity index (χ1) is 7.02. The average molecular weight is 208 g/mol. The number of carbonyl (C=O) groups excluding carboxylic acids is 1. The van der Waals surface area contributed by atoms with Crippen LogP contribution in [0.5, 0.6) is 0 Å². The summed E-state index contributed by atoms with van der Waals surface area (Å²) in [6, 6.07) is 3.63. The summed E-state index contributed by atoms with van der Waals surface area (Å²) >= 11 is 0. The molecule has 1 aromatic heterocycles. The fraction of sp³-hybridized carbons (Fsp3) is 0.400. The van der Waals surface area contributed by atoms with Crippen LogP contribution in [0, 0.1) is 0 Å². The van der Waals surface area contributed by atoms with E-state index in [4.69, 9.17) is 5.73 Å². The number of hydrogen-bond acceptors (Lipinski definition) is 4. The highest BCUT2D eigenvalue weighted by Crippen LogP contribution is 2.17. The molecule has 82 valence electrons. The highest BCUT2D eigenvalue weighted by molar-refractivity contribution is 5.82. The van der Waals surface area contributed by atoms with E-state index in [-0.39, 0.29) is 5.91 Å². The topological polar surface area (TPSA) is 62.5 Å². The van der Waals surface area contributed by atoms with Crippen LogP contribution in [0.4, 0.5) is 11.5 Å². The lowest BCUT2D eigenvalue weighted by molar-refractivity contribution is -0.127. The van der Waals surface area contributed by atoms with E-state index < -0.39 is 0 Å². The van der Waals surface area contributed by atoms with Gasteiger partial charge in [0.1, 0.15) is 5.82 Å². The van der Waals surface area contributed by atoms with Gasteiger partial charge in [-0.1, -0.05) is 0 Å². The van der Waals surface area contributed by atoms with E-state index in [1.54, 1.807) is 36.2 Å². The summed E-state index contributed by atoms with van der Waals surface area (Å²) in [5.74, 6) is 0.465. The molecule has 1 amide bonds. The Morgan fingerprint density at radius 2 is 2.13 bits per heavy atom. The van der Waals surface area contributed by atoms with Crippen molar-refractivity contribution in [1.82, 2.24) is 9.88 Å². The fourth-order valence-electron chi connectivity index (χ4n) is 1.16. The molecule has 0 atom stereocenters. The first-order valence-electron chi connectivity index (χ1n) is 4.64. The first-order valence-corrected chi connectivity index (χ1v) is 4.64. The maximum absolute atomic E-state index is 11.5. The molecule has 0 aliphatic rings. The predicted molar refractivity (Wildman–Crippen MR) is 60.6 cm³/mol. The standard InChI is InChI=1S/C10H16N4O/c1-13(2)9(15)7-14(3)8-5-4-6-12-10(8)11/h4-6H,7H2,1-3H3,(H2,11,12). The summed E-state index contributed by atoms with van der Waals surface area (Å²) in [5, 5.41) is 0. The summed E-state index contributed by atoms with van der Waals surface area (Å²) in [7, 11) is 5.26. The minimum absolute atomic E-state index is 0.0285. The van der Waals surface area contributed by atoms with Gasteiger partial charge in [0.2, 0.25) is 5.91 Å². The van der Waals surface area contributed by atoms with E-state index in [2.05, 4.69) is 4.98 Å². The molecule has 1 heterocycles. The van der Waals surface area contributed by atoms with Crippen molar-refractivity contribution in [2.24, 2.45) is 0 Å². The number of aromatic nitrogens is 1. The largest absolute Gasteiger partial charge is 0.382 e. The Morgan fingerprint density at radius 3 is 2.67 bits per heavy atom. The van der Waals surface area contributed by atoms with Crippen molar-refractivity contribution in [2.45, 2.75) is 0 Å². The van der Waals surface area contributed by atoms with Gasteiger partial charge in [0.15, 0.2) is 0 Å². The molecule has 0 spiro atoms. The van der Waals surface area contributed by atoms with Crippen LogP contribution in [-0.2, 0) is 4.79 Å². The molecule has 0 aromatic carbocycles. The van der Waals surface area contributed by atoms with E-state index in [1.165, 1.54) is 0 Å². The third-order valence-electron chi connectivity index (χ3n) is 2.10. The van der Waals surface area contributed by atoms with E-state index in [0.717, 1.165) is 5.69 Å². The molecule has 5 nitrogen and oxygen atoms in total. The lowest BCUT2D eigenvalue weighted by Crippen LogP contribution is -2.34. The van der Waals surface area contributed by atoms with Crippen molar-refractivity contribution in [3.63, 3.8) is 0 Å². The Balaban J connectivity index is 2.73. The molecular weight excluding hydrogens is 192 g/mol. The Bertz CT molecular complexity index is 351. The third kappa shape index (κ3) is 2.83. The fourth-order valence-corrected chi connectivity index (χ4v) is 1.16. The molecule has 0 unspecified atom stereocenters. The number of carbonyl (C=O) groups is 1. The highest BCUT2D eigenvalue weighted by Gasteiger charge is 2.11. The lowest BCUT2D eigenvalue weighted by atomic mass is 10.3. The van der Waals surface area contributed by atoms with Crippen LogP contribution in [0.1, 0.15) is 0 Å². The van der Waals surface area contributed by atoms with Gasteiger partial charge >= 0.3 is 0 Å². The quantitative estimate of drug-likeness (QED) is 0.770. The Morgan fingerprint density at radius 1 is 1.47 bits per heavy atom. The van der Waals surface area contributed by atoms with Gasteiger partial charge in [-0.2, -0.15) is 0 Å². The molecule has 0 radical (unpaired) electrons. The van der Waals surface area contributed by atoms with Gasteiger partial charge in [-0.3, -0.25) is 4.79 Å². The zero-order chi connectivity index (χ0) is 11.4. The maximum atomic E-state index is 11.5. The minimum atomic E-state index is 0.0285. The van der Waals surface area contributed by atoms with Crippen molar-refractivity contribution in [3.05, 3.63) is 18.3 Å². The summed E-state index contributed by atoms with van der Waals surface area (Å²) in [5.41, 5.74) is 6.47. The summed E-state index contributed by atoms with van der Waals surface area (Å²) in [4.78, 5) is 18.8. The zero-order valence-electron chi connectivity index (χ0n) is 9.27. The molecule has 15 heavy (non-hydrogen) atoms. The summed E-state index contributed by atoms with van der Waals surface area (Å²) in [6.07, 6.45) is 1.63. The molecular formula is C10H16N4O. The van der Waals surface area contributed by atoms with Gasteiger partial charge in [0.05, 0.1) is 12.2 Å². The number of hydrogen-bond donors (Lipinski definition) is 1. The van der Waals surface area contributed by atoms with Crippen molar-refractivity contribution in [2.75, 3.05) is 38.3 Å². The summed E-state index contributed by atoms with van der Waals surface area (Å²) in [6.45, 7) is 0.295. The maximum Gasteiger partial charge on any atom is 0.241 e. The van der Waals surface area contributed by atoms with Gasteiger partial charge in [0.25, 0.3) is 0 Å². The summed E-state index contributed by atoms with van der Waals surface area (Å²) < 4.78 is 0. The van der Waals surface area contributed by atoms with Crippen LogP contribution < -0.4 is 10.6 Å². The number of likely N-dealkylation sites (N-methyl/N-ethyl adjacent to an activating group) is 2. The second-order valence-corrected chi connectivity index (χ2v) is 3.55. The molecule has 0 bridgehead atoms. The predicted octanol–water partition coefficient (Wildman–Crippen LogP) is 0.188. The number of nitrogens with zero attached hydrogens (tertiary/aromatic N) is 3. The van der Waals surface area contributed by atoms with Gasteiger partial charge in [-0.05, 0) is 12.1 Å². The molecule has 2 N–H and O–H groups in total. The van der Waals surface area contributed by atoms with Gasteiger partial charge < -0.3 is 15.5 Å². The normalized spacial score (nSPS) is 9.80. The second kappa shape index (κ2) is 4.63. The number of nitrogens with two attached hydrogens (primary N) is 1. The number of anilines is 2. The Hall–Kier alpha value is -1.78. The van der Waals surface area contributed by atoms with Crippen LogP contribution in [0.15, 0.2) is 18.3 Å². The molecule has 0 saturated carbocycles. The van der Waals surface area contributed by atoms with Crippen molar-refractivity contribution in [1.29, 1.82) is 0 Å². The van der Waals surface area contributed by atoms with Crippen LogP contribution in [0.2, 0.25) is 0 Å². The van der Waals surface area contributed by atoms with Crippen LogP contribution in [0.3, 0.4) is 0 Å². The van der Waals surface area contributed by atoms with Crippen molar-refractivity contribution in [3.8, 4) is 0 Å². The molecule has 0 aliphatic heterocycles. The highest BCUT2D eigenvalue weighted by atomic mass is 16.2. The van der Waals surface area contributed by atoms with E-state index >= 15 is 0 Å². The van der Waals surface area contributed by atoms with Gasteiger partial charge in [0, 0.05) is 27.3 Å². The van der Waals surface area contributed by atoms with Crippen molar-refractivity contribution < 1.29 is 4.79 Å². The molecule has 0 saturated heterocycles. The van der Waals surface area contributed by atoms with Gasteiger partial charge in [-0.25, -0.2) is 4.98 Å². The second-order valence-electron chi connectivity index (χ2n) is 3.55. The van der Waals surface area contributed by atoms with Crippen LogP contribution in [0.25, 0.3) is 0 Å². The molecule has 5 heteroatoms. The zero-order valence-corrected chi connectivity index (χ0v) is 9.27. The van der Waals surface area contributed by atoms with Crippen LogP contribution >= 0.6 is 0 Å². The monoisotopic (exact) mass is 208 g/mol. The number of pyridine rings is 1. The Kier molecular flexibility index (Phi) is 3.49. The van der Waals surface area contributed by atoms with E-state index in [0.29, 0.717) is 12.4 Å². The number of rotatable bonds is 3. The number of nitrogen functional groups attached to an aromatic ring is 1. The third-order valence-corrected chi connectivity index (χ3v) is 2.10. The minimum Gasteiger partial charge on any atom is -0.382 e. The smallest absolute Gasteiger partial charge is 0.241 e. The van der Waals surface area contributed by atoms with Crippen molar-refractivity contribution >= 4 is 17.4 Å². The number of amides is 1. The first kappa shape index (κ1) is 11.3. The Labute approximate surface area is 89.5 Å². The van der Waals surface area contributed by atoms with Crippen LogP contribution in [-0.4, -0.2) is 43.5 Å². The molecule has 1 aromatic rings. The lowest BCUT2D eigenvalue weighted by Gasteiger charge is -2.21.